The molecule has 1 unspecified atom stereocenters. The number of amides is 1. The molecule has 0 fully saturated rings. The lowest BCUT2D eigenvalue weighted by molar-refractivity contribution is 0.0939. The molecule has 0 aromatic heterocycles. The lowest BCUT2D eigenvalue weighted by Crippen LogP contribution is -2.32. The molecular formula is C13H18BrNO2S. The maximum absolute atomic E-state index is 12.0. The fraction of sp³-hybridized carbons (Fsp3) is 0.462. The van der Waals surface area contributed by atoms with Gasteiger partial charge in [0.15, 0.2) is 0 Å². The van der Waals surface area contributed by atoms with Crippen molar-refractivity contribution < 1.29 is 9.53 Å². The molecule has 1 aromatic carbocycles. The van der Waals surface area contributed by atoms with E-state index < -0.39 is 0 Å². The quantitative estimate of drug-likeness (QED) is 0.868. The summed E-state index contributed by atoms with van der Waals surface area (Å²) in [7, 11) is 1.60. The molecule has 3 nitrogen and oxygen atoms in total. The summed E-state index contributed by atoms with van der Waals surface area (Å²) in [6, 6.07) is 5.51. The maximum Gasteiger partial charge on any atom is 0.251 e. The fourth-order valence-corrected chi connectivity index (χ4v) is 2.61. The first kappa shape index (κ1) is 15.4. The van der Waals surface area contributed by atoms with Crippen LogP contribution in [0.3, 0.4) is 0 Å². The standard InChI is InChI=1S/C13H18BrNO2S/c1-9(6-7-18-3)15-13(16)10-4-5-12(17-2)11(14)8-10/h4-5,8-9H,6-7H2,1-3H3,(H,15,16). The molecule has 100 valence electrons. The van der Waals surface area contributed by atoms with Gasteiger partial charge in [-0.05, 0) is 59.5 Å². The van der Waals surface area contributed by atoms with Gasteiger partial charge in [0.1, 0.15) is 5.75 Å². The summed E-state index contributed by atoms with van der Waals surface area (Å²) in [5.74, 6) is 1.72. The van der Waals surface area contributed by atoms with E-state index in [-0.39, 0.29) is 11.9 Å². The Bertz CT molecular complexity index is 412. The number of hydrogen-bond acceptors (Lipinski definition) is 3. The summed E-state index contributed by atoms with van der Waals surface area (Å²) in [5.41, 5.74) is 0.638. The Balaban J connectivity index is 2.64. The van der Waals surface area contributed by atoms with E-state index in [1.165, 1.54) is 0 Å². The molecule has 0 saturated heterocycles. The number of hydrogen-bond donors (Lipinski definition) is 1. The highest BCUT2D eigenvalue weighted by Crippen LogP contribution is 2.25. The number of carbonyl (C=O) groups excluding carboxylic acids is 1. The predicted octanol–water partition coefficient (Wildman–Crippen LogP) is 3.33. The van der Waals surface area contributed by atoms with Gasteiger partial charge in [0.05, 0.1) is 11.6 Å². The van der Waals surface area contributed by atoms with Crippen LogP contribution >= 0.6 is 27.7 Å². The van der Waals surface area contributed by atoms with Gasteiger partial charge in [-0.15, -0.1) is 0 Å². The van der Waals surface area contributed by atoms with Crippen LogP contribution in [0.2, 0.25) is 0 Å². The van der Waals surface area contributed by atoms with Gasteiger partial charge in [0, 0.05) is 11.6 Å². The number of nitrogens with one attached hydrogen (secondary N) is 1. The second-order valence-electron chi connectivity index (χ2n) is 4.01. The first-order valence-electron chi connectivity index (χ1n) is 5.71. The van der Waals surface area contributed by atoms with Crippen molar-refractivity contribution in [1.29, 1.82) is 0 Å². The summed E-state index contributed by atoms with van der Waals surface area (Å²) in [4.78, 5) is 12.0. The van der Waals surface area contributed by atoms with Crippen molar-refractivity contribution in [1.82, 2.24) is 5.32 Å². The molecular weight excluding hydrogens is 314 g/mol. The van der Waals surface area contributed by atoms with Gasteiger partial charge in [0.25, 0.3) is 5.91 Å². The molecule has 0 saturated carbocycles. The Kier molecular flexibility index (Phi) is 6.57. The summed E-state index contributed by atoms with van der Waals surface area (Å²) in [5, 5.41) is 2.98. The van der Waals surface area contributed by atoms with Crippen LogP contribution in [0.25, 0.3) is 0 Å². The zero-order valence-corrected chi connectivity index (χ0v) is 13.2. The van der Waals surface area contributed by atoms with Gasteiger partial charge in [0.2, 0.25) is 0 Å². The average Bonchev–Trinajstić information content (AvgIpc) is 2.36. The highest BCUT2D eigenvalue weighted by Gasteiger charge is 2.11. The van der Waals surface area contributed by atoms with Gasteiger partial charge in [-0.2, -0.15) is 11.8 Å². The molecule has 1 N–H and O–H groups in total. The van der Waals surface area contributed by atoms with Crippen molar-refractivity contribution in [2.75, 3.05) is 19.1 Å². The zero-order valence-electron chi connectivity index (χ0n) is 10.8. The molecule has 0 bridgehead atoms. The van der Waals surface area contributed by atoms with E-state index in [0.29, 0.717) is 5.56 Å². The Morgan fingerprint density at radius 1 is 1.56 bits per heavy atom. The van der Waals surface area contributed by atoms with Crippen LogP contribution in [0.1, 0.15) is 23.7 Å². The number of ether oxygens (including phenoxy) is 1. The Morgan fingerprint density at radius 2 is 2.28 bits per heavy atom. The Morgan fingerprint density at radius 3 is 2.83 bits per heavy atom. The van der Waals surface area contributed by atoms with Crippen LogP contribution < -0.4 is 10.1 Å². The third-order valence-electron chi connectivity index (χ3n) is 2.55. The number of methoxy groups -OCH3 is 1. The van der Waals surface area contributed by atoms with Gasteiger partial charge >= 0.3 is 0 Å². The highest BCUT2D eigenvalue weighted by molar-refractivity contribution is 9.10. The van der Waals surface area contributed by atoms with Crippen LogP contribution in [-0.2, 0) is 0 Å². The summed E-state index contributed by atoms with van der Waals surface area (Å²) in [6.45, 7) is 2.02. The minimum Gasteiger partial charge on any atom is -0.496 e. The van der Waals surface area contributed by atoms with E-state index >= 15 is 0 Å². The minimum absolute atomic E-state index is 0.0491. The van der Waals surface area contributed by atoms with Gasteiger partial charge in [-0.3, -0.25) is 4.79 Å². The van der Waals surface area contributed by atoms with Gasteiger partial charge in [-0.1, -0.05) is 0 Å². The minimum atomic E-state index is -0.0491. The predicted molar refractivity (Wildman–Crippen MR) is 80.6 cm³/mol. The number of carbonyl (C=O) groups is 1. The van der Waals surface area contributed by atoms with Crippen molar-refractivity contribution in [2.45, 2.75) is 19.4 Å². The number of halogens is 1. The third-order valence-corrected chi connectivity index (χ3v) is 3.81. The monoisotopic (exact) mass is 331 g/mol. The van der Waals surface area contributed by atoms with Crippen LogP contribution in [0.15, 0.2) is 22.7 Å². The fourth-order valence-electron chi connectivity index (χ4n) is 1.48. The molecule has 0 aliphatic carbocycles. The summed E-state index contributed by atoms with van der Waals surface area (Å²) >= 11 is 5.16. The van der Waals surface area contributed by atoms with Crippen molar-refractivity contribution in [2.24, 2.45) is 0 Å². The second-order valence-corrected chi connectivity index (χ2v) is 5.85. The number of thioether (sulfide) groups is 1. The summed E-state index contributed by atoms with van der Waals surface area (Å²) < 4.78 is 5.92. The number of benzene rings is 1. The lowest BCUT2D eigenvalue weighted by Gasteiger charge is -2.13. The molecule has 5 heteroatoms. The smallest absolute Gasteiger partial charge is 0.251 e. The van der Waals surface area contributed by atoms with Crippen LogP contribution in [0, 0.1) is 0 Å². The van der Waals surface area contributed by atoms with Crippen LogP contribution in [0.4, 0.5) is 0 Å². The molecule has 0 heterocycles. The van der Waals surface area contributed by atoms with Crippen molar-refractivity contribution in [3.8, 4) is 5.75 Å². The topological polar surface area (TPSA) is 38.3 Å². The lowest BCUT2D eigenvalue weighted by atomic mass is 10.2. The van der Waals surface area contributed by atoms with Gasteiger partial charge < -0.3 is 10.1 Å². The van der Waals surface area contributed by atoms with Crippen molar-refractivity contribution in [3.05, 3.63) is 28.2 Å². The SMILES string of the molecule is COc1ccc(C(=O)NC(C)CCSC)cc1Br. The highest BCUT2D eigenvalue weighted by atomic mass is 79.9. The van der Waals surface area contributed by atoms with E-state index in [0.717, 1.165) is 22.4 Å². The molecule has 1 amide bonds. The van der Waals surface area contributed by atoms with Crippen LogP contribution in [0.5, 0.6) is 5.75 Å². The van der Waals surface area contributed by atoms with E-state index in [9.17, 15) is 4.79 Å². The molecule has 1 aromatic rings. The third kappa shape index (κ3) is 4.53. The molecule has 1 rings (SSSR count). The van der Waals surface area contributed by atoms with Crippen molar-refractivity contribution >= 4 is 33.6 Å². The maximum atomic E-state index is 12.0. The average molecular weight is 332 g/mol. The second kappa shape index (κ2) is 7.69. The molecule has 18 heavy (non-hydrogen) atoms. The van der Waals surface area contributed by atoms with E-state index in [1.807, 2.05) is 6.92 Å². The molecule has 0 aliphatic heterocycles. The number of rotatable bonds is 6. The molecule has 0 spiro atoms. The van der Waals surface area contributed by atoms with Crippen molar-refractivity contribution in [3.63, 3.8) is 0 Å². The first-order chi connectivity index (χ1) is 8.58. The first-order valence-corrected chi connectivity index (χ1v) is 7.90. The van der Waals surface area contributed by atoms with E-state index in [4.69, 9.17) is 4.74 Å². The molecule has 0 aliphatic rings. The molecule has 1 atom stereocenters. The largest absolute Gasteiger partial charge is 0.496 e. The Labute approximate surface area is 121 Å². The molecule has 0 radical (unpaired) electrons. The van der Waals surface area contributed by atoms with E-state index in [2.05, 4.69) is 27.5 Å². The van der Waals surface area contributed by atoms with Crippen LogP contribution in [-0.4, -0.2) is 31.1 Å². The van der Waals surface area contributed by atoms with E-state index in [1.54, 1.807) is 37.1 Å². The normalized spacial score (nSPS) is 12.0. The summed E-state index contributed by atoms with van der Waals surface area (Å²) in [6.07, 6.45) is 3.04. The zero-order chi connectivity index (χ0) is 13.5. The van der Waals surface area contributed by atoms with Gasteiger partial charge in [-0.25, -0.2) is 0 Å². The Hall–Kier alpha value is -0.680.